The molecule has 42 valence electrons. The SMILES string of the molecule is CN(C=S)CCO. The van der Waals surface area contributed by atoms with Crippen LogP contribution in [0.3, 0.4) is 0 Å². The molecule has 0 saturated heterocycles. The van der Waals surface area contributed by atoms with Crippen molar-refractivity contribution >= 4 is 17.7 Å². The first kappa shape index (κ1) is 6.85. The van der Waals surface area contributed by atoms with E-state index < -0.39 is 0 Å². The van der Waals surface area contributed by atoms with Gasteiger partial charge in [-0.3, -0.25) is 0 Å². The summed E-state index contributed by atoms with van der Waals surface area (Å²) in [4.78, 5) is 1.75. The van der Waals surface area contributed by atoms with Gasteiger partial charge in [0.15, 0.2) is 0 Å². The monoisotopic (exact) mass is 119 g/mol. The van der Waals surface area contributed by atoms with E-state index >= 15 is 0 Å². The van der Waals surface area contributed by atoms with Crippen LogP contribution in [0.25, 0.3) is 0 Å². The molecule has 0 aromatic rings. The summed E-state index contributed by atoms with van der Waals surface area (Å²) in [5.41, 5.74) is 1.51. The molecule has 0 atom stereocenters. The maximum atomic E-state index is 8.26. The van der Waals surface area contributed by atoms with Crippen molar-refractivity contribution < 1.29 is 5.11 Å². The van der Waals surface area contributed by atoms with Gasteiger partial charge in [0.05, 0.1) is 12.1 Å². The Labute approximate surface area is 48.7 Å². The standard InChI is InChI=1S/C4H9NOS/c1-5(4-7)2-3-6/h4,6H,2-3H2,1H3. The topological polar surface area (TPSA) is 23.5 Å². The van der Waals surface area contributed by atoms with Crippen molar-refractivity contribution in [2.45, 2.75) is 0 Å². The molecule has 0 spiro atoms. The largest absolute Gasteiger partial charge is 0.395 e. The van der Waals surface area contributed by atoms with Crippen molar-refractivity contribution in [1.82, 2.24) is 4.90 Å². The van der Waals surface area contributed by atoms with Crippen molar-refractivity contribution in [1.29, 1.82) is 0 Å². The van der Waals surface area contributed by atoms with Gasteiger partial charge >= 0.3 is 0 Å². The lowest BCUT2D eigenvalue weighted by atomic mass is 10.6. The Morgan fingerprint density at radius 1 is 1.86 bits per heavy atom. The van der Waals surface area contributed by atoms with Crippen LogP contribution in [-0.2, 0) is 0 Å². The molecular formula is C4H9NOS. The summed E-state index contributed by atoms with van der Waals surface area (Å²) in [5, 5.41) is 8.26. The molecule has 2 nitrogen and oxygen atoms in total. The summed E-state index contributed by atoms with van der Waals surface area (Å²) in [7, 11) is 1.82. The minimum Gasteiger partial charge on any atom is -0.395 e. The van der Waals surface area contributed by atoms with Crippen LogP contribution in [0.2, 0.25) is 0 Å². The summed E-state index contributed by atoms with van der Waals surface area (Å²) in [6.07, 6.45) is 0. The zero-order chi connectivity index (χ0) is 5.70. The van der Waals surface area contributed by atoms with Gasteiger partial charge in [-0.05, 0) is 0 Å². The summed E-state index contributed by atoms with van der Waals surface area (Å²) in [6, 6.07) is 0. The molecule has 0 amide bonds. The van der Waals surface area contributed by atoms with Crippen LogP contribution in [0, 0.1) is 0 Å². The minimum absolute atomic E-state index is 0.170. The molecule has 0 heterocycles. The van der Waals surface area contributed by atoms with E-state index in [-0.39, 0.29) is 6.61 Å². The Bertz CT molecular complexity index is 57.7. The van der Waals surface area contributed by atoms with Crippen LogP contribution in [0.15, 0.2) is 0 Å². The van der Waals surface area contributed by atoms with Crippen molar-refractivity contribution in [2.24, 2.45) is 0 Å². The predicted octanol–water partition coefficient (Wildman–Crippen LogP) is -0.132. The van der Waals surface area contributed by atoms with Gasteiger partial charge in [-0.15, -0.1) is 0 Å². The normalized spacial score (nSPS) is 8.29. The number of nitrogens with zero attached hydrogens (tertiary/aromatic N) is 1. The first-order chi connectivity index (χ1) is 3.31. The van der Waals surface area contributed by atoms with Crippen LogP contribution >= 0.6 is 12.2 Å². The van der Waals surface area contributed by atoms with Gasteiger partial charge < -0.3 is 10.0 Å². The average Bonchev–Trinajstić information content (AvgIpc) is 1.68. The van der Waals surface area contributed by atoms with Gasteiger partial charge in [0.1, 0.15) is 0 Å². The molecule has 0 bridgehead atoms. The van der Waals surface area contributed by atoms with E-state index in [1.54, 1.807) is 4.90 Å². The number of aliphatic hydroxyl groups excluding tert-OH is 1. The molecule has 0 fully saturated rings. The third kappa shape index (κ3) is 3.69. The van der Waals surface area contributed by atoms with Gasteiger partial charge in [0, 0.05) is 13.6 Å². The smallest absolute Gasteiger partial charge is 0.0639 e. The lowest BCUT2D eigenvalue weighted by Crippen LogP contribution is -2.18. The van der Waals surface area contributed by atoms with Crippen molar-refractivity contribution in [3.63, 3.8) is 0 Å². The maximum absolute atomic E-state index is 8.26. The van der Waals surface area contributed by atoms with Crippen LogP contribution in [0.1, 0.15) is 0 Å². The quantitative estimate of drug-likeness (QED) is 0.523. The molecular weight excluding hydrogens is 110 g/mol. The van der Waals surface area contributed by atoms with Gasteiger partial charge in [-0.25, -0.2) is 0 Å². The molecule has 7 heavy (non-hydrogen) atoms. The number of thiocarbonyl (C=S) groups is 1. The Balaban J connectivity index is 2.98. The Hall–Kier alpha value is -0.150. The Morgan fingerprint density at radius 2 is 2.43 bits per heavy atom. The Morgan fingerprint density at radius 3 is 2.57 bits per heavy atom. The molecule has 3 heteroatoms. The maximum Gasteiger partial charge on any atom is 0.0639 e. The van der Waals surface area contributed by atoms with Crippen LogP contribution < -0.4 is 0 Å². The number of aliphatic hydroxyl groups is 1. The second kappa shape index (κ2) is 4.02. The van der Waals surface area contributed by atoms with E-state index in [0.29, 0.717) is 6.54 Å². The zero-order valence-corrected chi connectivity index (χ0v) is 5.11. The number of likely N-dealkylation sites (N-methyl/N-ethyl adjacent to an activating group) is 1. The number of hydrogen-bond acceptors (Lipinski definition) is 2. The third-order valence-electron chi connectivity index (χ3n) is 0.633. The summed E-state index contributed by atoms with van der Waals surface area (Å²) in [6.45, 7) is 0.799. The molecule has 0 aromatic heterocycles. The van der Waals surface area contributed by atoms with Crippen LogP contribution in [-0.4, -0.2) is 35.7 Å². The second-order valence-corrected chi connectivity index (χ2v) is 1.52. The molecule has 0 aliphatic carbocycles. The van der Waals surface area contributed by atoms with E-state index in [0.717, 1.165) is 0 Å². The van der Waals surface area contributed by atoms with Crippen molar-refractivity contribution in [3.8, 4) is 0 Å². The predicted molar refractivity (Wildman–Crippen MR) is 33.4 cm³/mol. The Kier molecular flexibility index (Phi) is 3.93. The highest BCUT2D eigenvalue weighted by molar-refractivity contribution is 7.78. The zero-order valence-electron chi connectivity index (χ0n) is 4.29. The van der Waals surface area contributed by atoms with E-state index in [9.17, 15) is 0 Å². The molecule has 1 N–H and O–H groups in total. The number of rotatable bonds is 3. The summed E-state index contributed by atoms with van der Waals surface area (Å²) < 4.78 is 0. The van der Waals surface area contributed by atoms with Crippen molar-refractivity contribution in [3.05, 3.63) is 0 Å². The van der Waals surface area contributed by atoms with E-state index in [4.69, 9.17) is 5.11 Å². The molecule has 0 rings (SSSR count). The highest BCUT2D eigenvalue weighted by Crippen LogP contribution is 1.71. The highest BCUT2D eigenvalue weighted by Gasteiger charge is 1.83. The molecule has 0 aromatic carbocycles. The molecule has 0 saturated carbocycles. The van der Waals surface area contributed by atoms with E-state index in [2.05, 4.69) is 12.2 Å². The fraction of sp³-hybridized carbons (Fsp3) is 0.750. The molecule has 0 aliphatic rings. The van der Waals surface area contributed by atoms with Gasteiger partial charge in [0.25, 0.3) is 0 Å². The lowest BCUT2D eigenvalue weighted by molar-refractivity contribution is 0.267. The lowest BCUT2D eigenvalue weighted by Gasteiger charge is -2.07. The fourth-order valence-electron chi connectivity index (χ4n) is 0.210. The van der Waals surface area contributed by atoms with Crippen LogP contribution in [0.4, 0.5) is 0 Å². The van der Waals surface area contributed by atoms with Crippen LogP contribution in [0.5, 0.6) is 0 Å². The van der Waals surface area contributed by atoms with Gasteiger partial charge in [-0.1, -0.05) is 12.2 Å². The van der Waals surface area contributed by atoms with Gasteiger partial charge in [0.2, 0.25) is 0 Å². The average molecular weight is 119 g/mol. The molecule has 0 unspecified atom stereocenters. The van der Waals surface area contributed by atoms with E-state index in [1.807, 2.05) is 7.05 Å². The first-order valence-electron chi connectivity index (χ1n) is 2.07. The van der Waals surface area contributed by atoms with Crippen molar-refractivity contribution in [2.75, 3.05) is 20.2 Å². The minimum atomic E-state index is 0.170. The molecule has 0 radical (unpaired) electrons. The first-order valence-corrected chi connectivity index (χ1v) is 2.54. The summed E-state index contributed by atoms with van der Waals surface area (Å²) in [5.74, 6) is 0. The van der Waals surface area contributed by atoms with E-state index in [1.165, 1.54) is 5.49 Å². The highest BCUT2D eigenvalue weighted by atomic mass is 32.1. The van der Waals surface area contributed by atoms with Gasteiger partial charge in [-0.2, -0.15) is 0 Å². The fourth-order valence-corrected chi connectivity index (χ4v) is 0.316. The third-order valence-corrected chi connectivity index (χ3v) is 0.993. The molecule has 0 aliphatic heterocycles. The summed E-state index contributed by atoms with van der Waals surface area (Å²) >= 11 is 4.53. The second-order valence-electron chi connectivity index (χ2n) is 1.31. The number of hydrogen-bond donors (Lipinski definition) is 1.